The molecule has 57 heavy (non-hydrogen) atoms. The van der Waals surface area contributed by atoms with E-state index in [9.17, 15) is 0 Å². The van der Waals surface area contributed by atoms with E-state index in [0.717, 1.165) is 28.4 Å². The Labute approximate surface area is 336 Å². The van der Waals surface area contributed by atoms with E-state index < -0.39 is 0 Å². The minimum absolute atomic E-state index is 0.244. The molecule has 1 N–H and O–H groups in total. The topological polar surface area (TPSA) is 41.7 Å². The van der Waals surface area contributed by atoms with E-state index in [-0.39, 0.29) is 6.17 Å². The van der Waals surface area contributed by atoms with Gasteiger partial charge in [0.1, 0.15) is 12.0 Å². The number of hydrogen-bond donors (Lipinski definition) is 1. The SMILES string of the molecule is c1ccc(C2=NC(c3cccc4c3sc3ccc(-c5ccc6c(c5)sc5cccc(-n7c8ccccc8c8ccccc87)c56)cc34)=NC(c3ccccc3)N2)cc1. The van der Waals surface area contributed by atoms with Crippen LogP contribution in [0, 0.1) is 0 Å². The second kappa shape index (κ2) is 12.8. The highest BCUT2D eigenvalue weighted by Crippen LogP contribution is 2.43. The molecule has 1 atom stereocenters. The molecule has 6 heteroatoms. The molecule has 4 heterocycles. The molecule has 1 unspecified atom stereocenters. The van der Waals surface area contributed by atoms with Gasteiger partial charge in [0.15, 0.2) is 5.84 Å². The van der Waals surface area contributed by atoms with Gasteiger partial charge in [0.05, 0.1) is 16.7 Å². The van der Waals surface area contributed by atoms with Crippen LogP contribution in [-0.2, 0) is 0 Å². The van der Waals surface area contributed by atoms with Gasteiger partial charge in [0.25, 0.3) is 0 Å². The van der Waals surface area contributed by atoms with Gasteiger partial charge in [-0.3, -0.25) is 0 Å². The Morgan fingerprint density at radius 3 is 1.96 bits per heavy atom. The van der Waals surface area contributed by atoms with Crippen molar-refractivity contribution in [3.63, 3.8) is 0 Å². The molecule has 4 nitrogen and oxygen atoms in total. The van der Waals surface area contributed by atoms with Gasteiger partial charge < -0.3 is 9.88 Å². The predicted octanol–water partition coefficient (Wildman–Crippen LogP) is 13.7. The Kier molecular flexibility index (Phi) is 7.30. The average molecular weight is 765 g/mol. The molecule has 0 spiro atoms. The first-order valence-corrected chi connectivity index (χ1v) is 20.8. The van der Waals surface area contributed by atoms with Crippen molar-refractivity contribution < 1.29 is 0 Å². The number of hydrogen-bond acceptors (Lipinski definition) is 5. The summed E-state index contributed by atoms with van der Waals surface area (Å²) in [5.74, 6) is 1.57. The summed E-state index contributed by atoms with van der Waals surface area (Å²) in [7, 11) is 0. The van der Waals surface area contributed by atoms with Gasteiger partial charge in [-0.05, 0) is 65.2 Å². The Balaban J connectivity index is 0.972. The van der Waals surface area contributed by atoms with E-state index >= 15 is 0 Å². The Hall–Kier alpha value is -6.86. The average Bonchev–Trinajstić information content (AvgIpc) is 3.96. The Bertz CT molecular complexity index is 3390. The molecule has 0 bridgehead atoms. The number of nitrogens with zero attached hydrogens (tertiary/aromatic N) is 3. The molecule has 0 radical (unpaired) electrons. The first kappa shape index (κ1) is 32.4. The normalized spacial score (nSPS) is 14.5. The van der Waals surface area contributed by atoms with Gasteiger partial charge in [-0.15, -0.1) is 22.7 Å². The van der Waals surface area contributed by atoms with Crippen molar-refractivity contribution in [2.75, 3.05) is 0 Å². The molecular formula is C51H32N4S2. The number of aliphatic imine (C=N–C) groups is 2. The van der Waals surface area contributed by atoms with Crippen LogP contribution >= 0.6 is 22.7 Å². The maximum Gasteiger partial charge on any atom is 0.160 e. The lowest BCUT2D eigenvalue weighted by atomic mass is 10.0. The maximum atomic E-state index is 5.21. The van der Waals surface area contributed by atoms with Gasteiger partial charge in [-0.25, -0.2) is 9.98 Å². The zero-order valence-corrected chi connectivity index (χ0v) is 32.2. The fourth-order valence-electron chi connectivity index (χ4n) is 8.63. The summed E-state index contributed by atoms with van der Waals surface area (Å²) >= 11 is 3.69. The first-order chi connectivity index (χ1) is 28.2. The number of aromatic nitrogens is 1. The molecule has 1 aliphatic rings. The monoisotopic (exact) mass is 764 g/mol. The van der Waals surface area contributed by atoms with Crippen molar-refractivity contribution in [2.45, 2.75) is 6.17 Å². The van der Waals surface area contributed by atoms with Gasteiger partial charge in [0.2, 0.25) is 0 Å². The minimum Gasteiger partial charge on any atom is -0.344 e. The van der Waals surface area contributed by atoms with Gasteiger partial charge >= 0.3 is 0 Å². The van der Waals surface area contributed by atoms with Gasteiger partial charge in [0, 0.05) is 62.2 Å². The molecule has 0 saturated carbocycles. The van der Waals surface area contributed by atoms with E-state index in [1.54, 1.807) is 0 Å². The zero-order chi connectivity index (χ0) is 37.5. The molecule has 0 aliphatic carbocycles. The summed E-state index contributed by atoms with van der Waals surface area (Å²) in [6.45, 7) is 0. The third-order valence-corrected chi connectivity index (χ3v) is 13.6. The standard InChI is InChI=1S/C51H32N4S2/c1-3-13-31(14-4-1)49-52-50(32-15-5-2-6-16-32)54-51(53-49)39-20-11-19-37-40-29-33(26-28-44(40)57-48(37)39)34-25-27-38-46(30-34)56-45-24-12-23-43(47(38)45)55-41-21-9-7-17-35(41)36-18-8-10-22-42(36)55/h1-30,49H,(H,52,53,54). The number of nitrogens with one attached hydrogen (secondary N) is 1. The van der Waals surface area contributed by atoms with Crippen LogP contribution < -0.4 is 5.32 Å². The molecular weight excluding hydrogens is 733 g/mol. The summed E-state index contributed by atoms with van der Waals surface area (Å²) in [5, 5.41) is 11.2. The van der Waals surface area contributed by atoms with E-state index in [4.69, 9.17) is 9.98 Å². The second-order valence-corrected chi connectivity index (χ2v) is 16.7. The quantitative estimate of drug-likeness (QED) is 0.186. The number of amidine groups is 2. The van der Waals surface area contributed by atoms with Crippen LogP contribution in [0.4, 0.5) is 0 Å². The molecule has 11 aromatic rings. The lowest BCUT2D eigenvalue weighted by molar-refractivity contribution is 0.674. The molecule has 0 saturated heterocycles. The van der Waals surface area contributed by atoms with Crippen molar-refractivity contribution in [3.8, 4) is 16.8 Å². The summed E-state index contributed by atoms with van der Waals surface area (Å²) in [6.07, 6.45) is -0.244. The highest BCUT2D eigenvalue weighted by atomic mass is 32.1. The van der Waals surface area contributed by atoms with Crippen molar-refractivity contribution in [3.05, 3.63) is 199 Å². The molecule has 3 aromatic heterocycles. The number of rotatable bonds is 5. The van der Waals surface area contributed by atoms with Crippen LogP contribution in [0.3, 0.4) is 0 Å². The summed E-state index contributed by atoms with van der Waals surface area (Å²) in [4.78, 5) is 10.4. The van der Waals surface area contributed by atoms with Crippen molar-refractivity contribution in [1.82, 2.24) is 9.88 Å². The summed E-state index contributed by atoms with van der Waals surface area (Å²) in [5.41, 5.74) is 9.30. The van der Waals surface area contributed by atoms with E-state index in [2.05, 4.69) is 180 Å². The van der Waals surface area contributed by atoms with Gasteiger partial charge in [-0.2, -0.15) is 0 Å². The number of para-hydroxylation sites is 2. The Morgan fingerprint density at radius 2 is 1.16 bits per heavy atom. The van der Waals surface area contributed by atoms with Crippen molar-refractivity contribution in [2.24, 2.45) is 9.98 Å². The predicted molar refractivity (Wildman–Crippen MR) is 244 cm³/mol. The third-order valence-electron chi connectivity index (χ3n) is 11.3. The molecule has 268 valence electrons. The van der Waals surface area contributed by atoms with E-state index in [0.29, 0.717) is 0 Å². The van der Waals surface area contributed by atoms with Gasteiger partial charge in [-0.1, -0.05) is 133 Å². The number of benzene rings is 8. The van der Waals surface area contributed by atoms with Crippen molar-refractivity contribution >= 4 is 96.5 Å². The molecule has 0 fully saturated rings. The van der Waals surface area contributed by atoms with E-state index in [1.807, 2.05) is 34.8 Å². The smallest absolute Gasteiger partial charge is 0.160 e. The molecule has 1 aliphatic heterocycles. The minimum atomic E-state index is -0.244. The number of fused-ring (bicyclic) bond motifs is 9. The third kappa shape index (κ3) is 5.18. The molecule has 8 aromatic carbocycles. The van der Waals surface area contributed by atoms with Crippen molar-refractivity contribution in [1.29, 1.82) is 0 Å². The maximum absolute atomic E-state index is 5.21. The first-order valence-electron chi connectivity index (χ1n) is 19.2. The van der Waals surface area contributed by atoms with Crippen LogP contribution in [0.2, 0.25) is 0 Å². The largest absolute Gasteiger partial charge is 0.344 e. The van der Waals surface area contributed by atoms with Crippen LogP contribution in [0.5, 0.6) is 0 Å². The van der Waals surface area contributed by atoms with Crippen LogP contribution in [0.1, 0.15) is 22.9 Å². The second-order valence-electron chi connectivity index (χ2n) is 14.6. The van der Waals surface area contributed by atoms with Crippen LogP contribution in [0.25, 0.3) is 79.0 Å². The highest BCUT2D eigenvalue weighted by molar-refractivity contribution is 7.26. The number of thiophene rings is 2. The van der Waals surface area contributed by atoms with Crippen LogP contribution in [0.15, 0.2) is 192 Å². The lowest BCUT2D eigenvalue weighted by Gasteiger charge is -2.23. The van der Waals surface area contributed by atoms with Crippen LogP contribution in [-0.4, -0.2) is 16.2 Å². The lowest BCUT2D eigenvalue weighted by Crippen LogP contribution is -2.33. The highest BCUT2D eigenvalue weighted by Gasteiger charge is 2.23. The Morgan fingerprint density at radius 1 is 0.474 bits per heavy atom. The fraction of sp³-hybridized carbons (Fsp3) is 0.0196. The zero-order valence-electron chi connectivity index (χ0n) is 30.6. The molecule has 12 rings (SSSR count). The summed E-state index contributed by atoms with van der Waals surface area (Å²) < 4.78 is 7.48. The summed E-state index contributed by atoms with van der Waals surface area (Å²) in [6, 6.07) is 65.5. The molecule has 0 amide bonds. The van der Waals surface area contributed by atoms with E-state index in [1.165, 1.54) is 79.0 Å². The fourth-order valence-corrected chi connectivity index (χ4v) is 11.0.